The SMILES string of the molecule is Cc1ccc(CN(CCO)[C@H]2CCS(=O)(=O)C2)cc1. The number of aliphatic hydroxyl groups excluding tert-OH is 1. The first kappa shape index (κ1) is 14.5. The molecule has 106 valence electrons. The molecule has 0 saturated carbocycles. The van der Waals surface area contributed by atoms with Crippen LogP contribution in [0.4, 0.5) is 0 Å². The second kappa shape index (κ2) is 6.03. The number of benzene rings is 1. The first-order chi connectivity index (χ1) is 9.00. The molecule has 0 amide bonds. The standard InChI is InChI=1S/C14H21NO3S/c1-12-2-4-13(5-3-12)10-15(7-8-16)14-6-9-19(17,18)11-14/h2-5,14,16H,6-11H2,1H3/t14-/m0/s1. The van der Waals surface area contributed by atoms with Crippen LogP contribution in [0.25, 0.3) is 0 Å². The number of rotatable bonds is 5. The zero-order valence-corrected chi connectivity index (χ0v) is 12.1. The van der Waals surface area contributed by atoms with E-state index in [2.05, 4.69) is 29.2 Å². The van der Waals surface area contributed by atoms with Crippen molar-refractivity contribution in [3.05, 3.63) is 35.4 Å². The van der Waals surface area contributed by atoms with Gasteiger partial charge < -0.3 is 5.11 Å². The number of aryl methyl sites for hydroxylation is 1. The fourth-order valence-electron chi connectivity index (χ4n) is 2.51. The summed E-state index contributed by atoms with van der Waals surface area (Å²) in [5, 5.41) is 9.16. The van der Waals surface area contributed by atoms with Gasteiger partial charge in [0.05, 0.1) is 18.1 Å². The molecule has 0 bridgehead atoms. The topological polar surface area (TPSA) is 57.6 Å². The Morgan fingerprint density at radius 3 is 2.53 bits per heavy atom. The average Bonchev–Trinajstić information content (AvgIpc) is 2.72. The van der Waals surface area contributed by atoms with Gasteiger partial charge in [-0.3, -0.25) is 4.90 Å². The van der Waals surface area contributed by atoms with Gasteiger partial charge in [-0.1, -0.05) is 29.8 Å². The minimum Gasteiger partial charge on any atom is -0.395 e. The summed E-state index contributed by atoms with van der Waals surface area (Å²) in [5.74, 6) is 0.492. The normalized spacial score (nSPS) is 21.9. The second-order valence-corrected chi connectivity index (χ2v) is 7.47. The Morgan fingerprint density at radius 1 is 1.32 bits per heavy atom. The van der Waals surface area contributed by atoms with Crippen LogP contribution in [0.15, 0.2) is 24.3 Å². The van der Waals surface area contributed by atoms with Crippen molar-refractivity contribution in [2.45, 2.75) is 25.9 Å². The molecule has 1 aromatic carbocycles. The largest absolute Gasteiger partial charge is 0.395 e. The van der Waals surface area contributed by atoms with E-state index < -0.39 is 9.84 Å². The number of aliphatic hydroxyl groups is 1. The number of hydrogen-bond acceptors (Lipinski definition) is 4. The van der Waals surface area contributed by atoms with Crippen molar-refractivity contribution in [1.29, 1.82) is 0 Å². The van der Waals surface area contributed by atoms with Gasteiger partial charge in [0.1, 0.15) is 0 Å². The number of hydrogen-bond donors (Lipinski definition) is 1. The Morgan fingerprint density at radius 2 is 2.00 bits per heavy atom. The van der Waals surface area contributed by atoms with E-state index in [-0.39, 0.29) is 24.2 Å². The van der Waals surface area contributed by atoms with Gasteiger partial charge in [0.2, 0.25) is 0 Å². The summed E-state index contributed by atoms with van der Waals surface area (Å²) < 4.78 is 23.1. The van der Waals surface area contributed by atoms with Crippen LogP contribution in [0.3, 0.4) is 0 Å². The minimum atomic E-state index is -2.88. The molecule has 1 fully saturated rings. The van der Waals surface area contributed by atoms with E-state index >= 15 is 0 Å². The Balaban J connectivity index is 2.06. The van der Waals surface area contributed by atoms with Crippen LogP contribution in [-0.2, 0) is 16.4 Å². The summed E-state index contributed by atoms with van der Waals surface area (Å²) in [7, 11) is -2.88. The Kier molecular flexibility index (Phi) is 4.60. The van der Waals surface area contributed by atoms with Gasteiger partial charge in [0.15, 0.2) is 9.84 Å². The van der Waals surface area contributed by atoms with Crippen molar-refractivity contribution in [2.75, 3.05) is 24.7 Å². The van der Waals surface area contributed by atoms with E-state index in [1.165, 1.54) is 5.56 Å². The first-order valence-electron chi connectivity index (χ1n) is 6.61. The lowest BCUT2D eigenvalue weighted by atomic mass is 10.1. The molecule has 0 radical (unpaired) electrons. The predicted octanol–water partition coefficient (Wildman–Crippen LogP) is 0.976. The summed E-state index contributed by atoms with van der Waals surface area (Å²) in [6.45, 7) is 3.32. The zero-order valence-electron chi connectivity index (χ0n) is 11.2. The lowest BCUT2D eigenvalue weighted by Crippen LogP contribution is -2.37. The maximum absolute atomic E-state index is 11.6. The van der Waals surface area contributed by atoms with Crippen LogP contribution in [0, 0.1) is 6.92 Å². The fourth-order valence-corrected chi connectivity index (χ4v) is 4.27. The molecule has 4 nitrogen and oxygen atoms in total. The van der Waals surface area contributed by atoms with Gasteiger partial charge in [-0.05, 0) is 18.9 Å². The molecule has 0 spiro atoms. The van der Waals surface area contributed by atoms with E-state index in [1.54, 1.807) is 0 Å². The summed E-state index contributed by atoms with van der Waals surface area (Å²) >= 11 is 0. The highest BCUT2D eigenvalue weighted by atomic mass is 32.2. The summed E-state index contributed by atoms with van der Waals surface area (Å²) in [6, 6.07) is 8.26. The molecule has 1 saturated heterocycles. The highest BCUT2D eigenvalue weighted by Crippen LogP contribution is 2.19. The van der Waals surface area contributed by atoms with Gasteiger partial charge in [0, 0.05) is 19.1 Å². The maximum Gasteiger partial charge on any atom is 0.151 e. The van der Waals surface area contributed by atoms with E-state index in [1.807, 2.05) is 6.92 Å². The highest BCUT2D eigenvalue weighted by molar-refractivity contribution is 7.91. The van der Waals surface area contributed by atoms with Crippen molar-refractivity contribution >= 4 is 9.84 Å². The molecule has 1 heterocycles. The van der Waals surface area contributed by atoms with Crippen LogP contribution in [0.5, 0.6) is 0 Å². The molecule has 1 atom stereocenters. The average molecular weight is 283 g/mol. The third-order valence-corrected chi connectivity index (χ3v) is 5.37. The summed E-state index contributed by atoms with van der Waals surface area (Å²) in [4.78, 5) is 2.08. The van der Waals surface area contributed by atoms with Gasteiger partial charge in [-0.15, -0.1) is 0 Å². The highest BCUT2D eigenvalue weighted by Gasteiger charge is 2.31. The second-order valence-electron chi connectivity index (χ2n) is 5.24. The quantitative estimate of drug-likeness (QED) is 0.875. The lowest BCUT2D eigenvalue weighted by Gasteiger charge is -2.27. The van der Waals surface area contributed by atoms with Crippen molar-refractivity contribution in [1.82, 2.24) is 4.90 Å². The van der Waals surface area contributed by atoms with Crippen LogP contribution in [0.2, 0.25) is 0 Å². The first-order valence-corrected chi connectivity index (χ1v) is 8.43. The molecule has 1 aliphatic rings. The van der Waals surface area contributed by atoms with E-state index in [0.29, 0.717) is 19.5 Å². The van der Waals surface area contributed by atoms with Gasteiger partial charge in [-0.2, -0.15) is 0 Å². The molecule has 1 aliphatic heterocycles. The van der Waals surface area contributed by atoms with Crippen LogP contribution in [0.1, 0.15) is 17.5 Å². The van der Waals surface area contributed by atoms with Crippen molar-refractivity contribution in [2.24, 2.45) is 0 Å². The molecular weight excluding hydrogens is 262 g/mol. The maximum atomic E-state index is 11.6. The Hall–Kier alpha value is -0.910. The molecule has 0 aromatic heterocycles. The Labute approximate surface area is 115 Å². The molecule has 5 heteroatoms. The third-order valence-electron chi connectivity index (χ3n) is 3.62. The van der Waals surface area contributed by atoms with Crippen molar-refractivity contribution in [3.63, 3.8) is 0 Å². The Bertz CT molecular complexity index is 510. The summed E-state index contributed by atoms with van der Waals surface area (Å²) in [6.07, 6.45) is 0.675. The van der Waals surface area contributed by atoms with Crippen molar-refractivity contribution in [3.8, 4) is 0 Å². The molecule has 0 aliphatic carbocycles. The van der Waals surface area contributed by atoms with Gasteiger partial charge in [-0.25, -0.2) is 8.42 Å². The minimum absolute atomic E-state index is 0.0402. The molecule has 1 aromatic rings. The van der Waals surface area contributed by atoms with E-state index in [0.717, 1.165) is 5.56 Å². The number of nitrogens with zero attached hydrogens (tertiary/aromatic N) is 1. The van der Waals surface area contributed by atoms with Crippen LogP contribution in [-0.4, -0.2) is 49.1 Å². The van der Waals surface area contributed by atoms with Gasteiger partial charge in [0.25, 0.3) is 0 Å². The van der Waals surface area contributed by atoms with E-state index in [4.69, 9.17) is 5.11 Å². The third kappa shape index (κ3) is 4.03. The van der Waals surface area contributed by atoms with E-state index in [9.17, 15) is 8.42 Å². The predicted molar refractivity (Wildman–Crippen MR) is 75.7 cm³/mol. The monoisotopic (exact) mass is 283 g/mol. The molecule has 1 N–H and O–H groups in total. The lowest BCUT2D eigenvalue weighted by molar-refractivity contribution is 0.153. The molecular formula is C14H21NO3S. The number of sulfone groups is 1. The molecule has 2 rings (SSSR count). The smallest absolute Gasteiger partial charge is 0.151 e. The van der Waals surface area contributed by atoms with Gasteiger partial charge >= 0.3 is 0 Å². The van der Waals surface area contributed by atoms with Crippen LogP contribution < -0.4 is 0 Å². The van der Waals surface area contributed by atoms with Crippen LogP contribution >= 0.6 is 0 Å². The zero-order chi connectivity index (χ0) is 13.9. The van der Waals surface area contributed by atoms with Crippen molar-refractivity contribution < 1.29 is 13.5 Å². The fraction of sp³-hybridized carbons (Fsp3) is 0.571. The molecule has 19 heavy (non-hydrogen) atoms. The summed E-state index contributed by atoms with van der Waals surface area (Å²) in [5.41, 5.74) is 2.37. The molecule has 0 unspecified atom stereocenters.